The van der Waals surface area contributed by atoms with Gasteiger partial charge in [-0.15, -0.1) is 0 Å². The van der Waals surface area contributed by atoms with Gasteiger partial charge in [0.15, 0.2) is 0 Å². The molecule has 0 aromatic heterocycles. The Morgan fingerprint density at radius 2 is 2.32 bits per heavy atom. The average Bonchev–Trinajstić information content (AvgIpc) is 2.40. The number of piperidine rings is 1. The van der Waals surface area contributed by atoms with Gasteiger partial charge in [0.05, 0.1) is 11.3 Å². The maximum absolute atomic E-state index is 13.4. The molecule has 1 unspecified atom stereocenters. The first kappa shape index (κ1) is 14.0. The van der Waals surface area contributed by atoms with Gasteiger partial charge in [0.1, 0.15) is 12.4 Å². The van der Waals surface area contributed by atoms with Gasteiger partial charge in [-0.25, -0.2) is 4.39 Å². The van der Waals surface area contributed by atoms with Crippen LogP contribution in [0.5, 0.6) is 0 Å². The highest BCUT2D eigenvalue weighted by molar-refractivity contribution is 5.91. The number of carbonyl (C=O) groups is 1. The molecule has 0 spiro atoms. The third-order valence-electron chi connectivity index (χ3n) is 3.26. The maximum Gasteiger partial charge on any atom is 0.250 e. The van der Waals surface area contributed by atoms with Crippen LogP contribution >= 0.6 is 0 Å². The predicted octanol–water partition coefficient (Wildman–Crippen LogP) is 1.92. The van der Waals surface area contributed by atoms with Crippen LogP contribution in [0.1, 0.15) is 19.8 Å². The molecule has 1 amide bonds. The summed E-state index contributed by atoms with van der Waals surface area (Å²) in [6.45, 7) is 3.64. The summed E-state index contributed by atoms with van der Waals surface area (Å²) >= 11 is 0. The van der Waals surface area contributed by atoms with Crippen LogP contribution in [0.25, 0.3) is 0 Å². The molecule has 1 aromatic carbocycles. The number of benzene rings is 1. The molecular formula is C14H19FN2O2. The predicted molar refractivity (Wildman–Crippen MR) is 71.5 cm³/mol. The zero-order valence-electron chi connectivity index (χ0n) is 11.0. The fourth-order valence-corrected chi connectivity index (χ4v) is 2.14. The second-order valence-corrected chi connectivity index (χ2v) is 5.05. The summed E-state index contributed by atoms with van der Waals surface area (Å²) in [5.74, 6) is -0.779. The minimum Gasteiger partial charge on any atom is -0.364 e. The van der Waals surface area contributed by atoms with Crippen LogP contribution in [0.3, 0.4) is 0 Å². The quantitative estimate of drug-likeness (QED) is 0.875. The Labute approximate surface area is 112 Å². The molecule has 1 saturated heterocycles. The van der Waals surface area contributed by atoms with E-state index in [9.17, 15) is 9.18 Å². The van der Waals surface area contributed by atoms with Gasteiger partial charge < -0.3 is 15.4 Å². The van der Waals surface area contributed by atoms with Gasteiger partial charge in [-0.05, 0) is 38.4 Å². The first-order chi connectivity index (χ1) is 9.09. The van der Waals surface area contributed by atoms with Gasteiger partial charge in [-0.2, -0.15) is 0 Å². The van der Waals surface area contributed by atoms with E-state index in [4.69, 9.17) is 4.74 Å². The molecule has 1 atom stereocenters. The molecule has 5 heteroatoms. The van der Waals surface area contributed by atoms with Gasteiger partial charge in [-0.3, -0.25) is 4.79 Å². The molecule has 1 aromatic rings. The van der Waals surface area contributed by atoms with Crippen LogP contribution in [0.4, 0.5) is 10.1 Å². The molecule has 2 N–H and O–H groups in total. The molecule has 4 nitrogen and oxygen atoms in total. The fourth-order valence-electron chi connectivity index (χ4n) is 2.14. The third kappa shape index (κ3) is 4.01. The van der Waals surface area contributed by atoms with Crippen LogP contribution in [0, 0.1) is 5.82 Å². The van der Waals surface area contributed by atoms with Crippen LogP contribution in [0.15, 0.2) is 24.3 Å². The summed E-state index contributed by atoms with van der Waals surface area (Å²) in [5, 5.41) is 5.75. The number of hydrogen-bond donors (Lipinski definition) is 2. The van der Waals surface area contributed by atoms with Crippen molar-refractivity contribution >= 4 is 11.6 Å². The Bertz CT molecular complexity index is 445. The Balaban J connectivity index is 1.83. The SMILES string of the molecule is CC1(OCC(=O)Nc2ccccc2F)CCCNC1. The number of halogens is 1. The van der Waals surface area contributed by atoms with E-state index in [-0.39, 0.29) is 23.8 Å². The van der Waals surface area contributed by atoms with Crippen molar-refractivity contribution in [1.29, 1.82) is 0 Å². The minimum atomic E-state index is -0.443. The summed E-state index contributed by atoms with van der Waals surface area (Å²) in [6.07, 6.45) is 1.96. The first-order valence-electron chi connectivity index (χ1n) is 6.48. The van der Waals surface area contributed by atoms with E-state index in [2.05, 4.69) is 10.6 Å². The largest absolute Gasteiger partial charge is 0.364 e. The number of hydrogen-bond acceptors (Lipinski definition) is 3. The molecule has 1 aliphatic heterocycles. The Hall–Kier alpha value is -1.46. The van der Waals surface area contributed by atoms with E-state index in [1.165, 1.54) is 12.1 Å². The van der Waals surface area contributed by atoms with Gasteiger partial charge in [-0.1, -0.05) is 12.1 Å². The molecule has 1 aliphatic rings. The van der Waals surface area contributed by atoms with Crippen molar-refractivity contribution in [2.24, 2.45) is 0 Å². The number of anilines is 1. The van der Waals surface area contributed by atoms with E-state index in [0.29, 0.717) is 0 Å². The molecule has 1 heterocycles. The zero-order chi connectivity index (χ0) is 13.7. The zero-order valence-corrected chi connectivity index (χ0v) is 11.0. The van der Waals surface area contributed by atoms with Gasteiger partial charge in [0, 0.05) is 6.54 Å². The number of amides is 1. The fraction of sp³-hybridized carbons (Fsp3) is 0.500. The Kier molecular flexibility index (Phi) is 4.50. The Morgan fingerprint density at radius 1 is 1.53 bits per heavy atom. The lowest BCUT2D eigenvalue weighted by molar-refractivity contribution is -0.128. The molecule has 2 rings (SSSR count). The van der Waals surface area contributed by atoms with E-state index < -0.39 is 5.82 Å². The van der Waals surface area contributed by atoms with Gasteiger partial charge in [0.2, 0.25) is 5.91 Å². The van der Waals surface area contributed by atoms with Crippen molar-refractivity contribution in [1.82, 2.24) is 5.32 Å². The van der Waals surface area contributed by atoms with Gasteiger partial charge in [0.25, 0.3) is 0 Å². The summed E-state index contributed by atoms with van der Waals surface area (Å²) in [5.41, 5.74) is -0.131. The molecule has 0 saturated carbocycles. The normalized spacial score (nSPS) is 23.1. The van der Waals surface area contributed by atoms with Crippen molar-refractivity contribution in [3.63, 3.8) is 0 Å². The number of carbonyl (C=O) groups excluding carboxylic acids is 1. The smallest absolute Gasteiger partial charge is 0.250 e. The number of nitrogens with one attached hydrogen (secondary N) is 2. The highest BCUT2D eigenvalue weighted by atomic mass is 19.1. The number of rotatable bonds is 4. The van der Waals surface area contributed by atoms with Crippen molar-refractivity contribution < 1.29 is 13.9 Å². The molecule has 0 bridgehead atoms. The number of para-hydroxylation sites is 1. The van der Waals surface area contributed by atoms with Crippen LogP contribution in [-0.4, -0.2) is 31.2 Å². The van der Waals surface area contributed by atoms with E-state index in [0.717, 1.165) is 25.9 Å². The molecule has 104 valence electrons. The summed E-state index contributed by atoms with van der Waals surface area (Å²) in [4.78, 5) is 11.7. The van der Waals surface area contributed by atoms with Gasteiger partial charge >= 0.3 is 0 Å². The van der Waals surface area contributed by atoms with Crippen LogP contribution in [-0.2, 0) is 9.53 Å². The first-order valence-corrected chi connectivity index (χ1v) is 6.48. The molecular weight excluding hydrogens is 247 g/mol. The third-order valence-corrected chi connectivity index (χ3v) is 3.26. The van der Waals surface area contributed by atoms with Crippen LogP contribution < -0.4 is 10.6 Å². The lowest BCUT2D eigenvalue weighted by atomic mass is 9.96. The standard InChI is InChI=1S/C14H19FN2O2/c1-14(7-4-8-16-10-14)19-9-13(18)17-12-6-3-2-5-11(12)15/h2-3,5-6,16H,4,7-10H2,1H3,(H,17,18). The summed E-state index contributed by atoms with van der Waals surface area (Å²) in [7, 11) is 0. The molecule has 19 heavy (non-hydrogen) atoms. The molecule has 0 radical (unpaired) electrons. The Morgan fingerprint density at radius 3 is 3.00 bits per heavy atom. The van der Waals surface area contributed by atoms with E-state index in [1.54, 1.807) is 12.1 Å². The van der Waals surface area contributed by atoms with Crippen molar-refractivity contribution in [3.05, 3.63) is 30.1 Å². The second kappa shape index (κ2) is 6.12. The summed E-state index contributed by atoms with van der Waals surface area (Å²) < 4.78 is 19.0. The highest BCUT2D eigenvalue weighted by Crippen LogP contribution is 2.20. The number of ether oxygens (including phenoxy) is 1. The van der Waals surface area contributed by atoms with E-state index >= 15 is 0 Å². The van der Waals surface area contributed by atoms with E-state index in [1.807, 2.05) is 6.92 Å². The van der Waals surface area contributed by atoms with Crippen LogP contribution in [0.2, 0.25) is 0 Å². The monoisotopic (exact) mass is 266 g/mol. The lowest BCUT2D eigenvalue weighted by Crippen LogP contribution is -2.46. The van der Waals surface area contributed by atoms with Crippen molar-refractivity contribution in [2.45, 2.75) is 25.4 Å². The molecule has 1 fully saturated rings. The average molecular weight is 266 g/mol. The second-order valence-electron chi connectivity index (χ2n) is 5.05. The summed E-state index contributed by atoms with van der Waals surface area (Å²) in [6, 6.07) is 6.09. The lowest BCUT2D eigenvalue weighted by Gasteiger charge is -2.33. The topological polar surface area (TPSA) is 50.4 Å². The maximum atomic E-state index is 13.4. The molecule has 0 aliphatic carbocycles. The highest BCUT2D eigenvalue weighted by Gasteiger charge is 2.28. The minimum absolute atomic E-state index is 0.0630. The van der Waals surface area contributed by atoms with Crippen molar-refractivity contribution in [3.8, 4) is 0 Å². The van der Waals surface area contributed by atoms with Crippen molar-refractivity contribution in [2.75, 3.05) is 25.0 Å².